The number of carbonyl (C=O) groups excluding carboxylic acids is 1. The van der Waals surface area contributed by atoms with Crippen molar-refractivity contribution in [2.45, 2.75) is 44.7 Å². The van der Waals surface area contributed by atoms with Crippen LogP contribution in [0.1, 0.15) is 30.9 Å². The van der Waals surface area contributed by atoms with E-state index in [1.165, 1.54) is 30.3 Å². The molecule has 0 spiro atoms. The zero-order valence-corrected chi connectivity index (χ0v) is 17.8. The molecule has 0 aliphatic heterocycles. The van der Waals surface area contributed by atoms with Crippen molar-refractivity contribution in [3.63, 3.8) is 0 Å². The quantitative estimate of drug-likeness (QED) is 0.166. The van der Waals surface area contributed by atoms with Crippen molar-refractivity contribution >= 4 is 11.9 Å². The molecule has 9 N–H and O–H groups in total. The zero-order chi connectivity index (χ0) is 24.3. The normalized spacial score (nSPS) is 12.2. The van der Waals surface area contributed by atoms with E-state index in [1.807, 2.05) is 6.92 Å². The summed E-state index contributed by atoms with van der Waals surface area (Å²) in [5, 5.41) is 45.1. The van der Waals surface area contributed by atoms with Gasteiger partial charge in [0.25, 0.3) is 0 Å². The Balaban J connectivity index is 0.000000330. The first-order valence-corrected chi connectivity index (χ1v) is 9.97. The van der Waals surface area contributed by atoms with Crippen molar-refractivity contribution in [2.24, 2.45) is 11.5 Å². The second kappa shape index (κ2) is 13.0. The molecule has 0 fully saturated rings. The van der Waals surface area contributed by atoms with Crippen LogP contribution in [0.4, 0.5) is 0 Å². The second-order valence-corrected chi connectivity index (χ2v) is 7.13. The molecule has 10 nitrogen and oxygen atoms in total. The first-order chi connectivity index (χ1) is 15.0. The van der Waals surface area contributed by atoms with Gasteiger partial charge in [-0.1, -0.05) is 25.5 Å². The number of nitrogens with two attached hydrogens (primary N) is 2. The number of phenols is 4. The molecule has 0 bridgehead atoms. The summed E-state index contributed by atoms with van der Waals surface area (Å²) < 4.78 is 4.99. The van der Waals surface area contributed by atoms with Gasteiger partial charge in [0.2, 0.25) is 0 Å². The molecule has 0 saturated heterocycles. The molecule has 0 heterocycles. The van der Waals surface area contributed by atoms with Crippen molar-refractivity contribution in [1.29, 1.82) is 0 Å². The Bertz CT molecular complexity index is 903. The van der Waals surface area contributed by atoms with Gasteiger partial charge in [0.05, 0.1) is 6.61 Å². The molecule has 0 saturated carbocycles. The summed E-state index contributed by atoms with van der Waals surface area (Å²) >= 11 is 0. The largest absolute Gasteiger partial charge is 0.504 e. The highest BCUT2D eigenvalue weighted by molar-refractivity contribution is 5.76. The topological polar surface area (TPSA) is 197 Å². The van der Waals surface area contributed by atoms with Crippen molar-refractivity contribution in [1.82, 2.24) is 0 Å². The average Bonchev–Trinajstić information content (AvgIpc) is 2.74. The molecular formula is C22H30N2O8. The minimum Gasteiger partial charge on any atom is -0.504 e. The fraction of sp³-hybridized carbons (Fsp3) is 0.364. The van der Waals surface area contributed by atoms with E-state index in [1.54, 1.807) is 6.07 Å². The van der Waals surface area contributed by atoms with Crippen molar-refractivity contribution in [3.8, 4) is 23.0 Å². The number of hydrogen-bond acceptors (Lipinski definition) is 9. The lowest BCUT2D eigenvalue weighted by molar-refractivity contribution is -0.145. The number of ether oxygens (including phenoxy) is 1. The Kier molecular flexibility index (Phi) is 10.8. The highest BCUT2D eigenvalue weighted by Gasteiger charge is 2.16. The van der Waals surface area contributed by atoms with Crippen molar-refractivity contribution in [2.75, 3.05) is 6.61 Å². The maximum absolute atomic E-state index is 11.5. The van der Waals surface area contributed by atoms with Crippen LogP contribution in [-0.2, 0) is 27.2 Å². The van der Waals surface area contributed by atoms with Gasteiger partial charge in [0, 0.05) is 0 Å². The van der Waals surface area contributed by atoms with Crippen LogP contribution in [0.3, 0.4) is 0 Å². The molecule has 0 amide bonds. The Hall–Kier alpha value is -3.50. The second-order valence-electron chi connectivity index (χ2n) is 7.13. The lowest BCUT2D eigenvalue weighted by Crippen LogP contribution is -2.34. The molecule has 0 radical (unpaired) electrons. The van der Waals surface area contributed by atoms with E-state index < -0.39 is 24.0 Å². The van der Waals surface area contributed by atoms with Crippen LogP contribution < -0.4 is 11.5 Å². The molecule has 10 heteroatoms. The molecule has 0 aliphatic carbocycles. The Morgan fingerprint density at radius 1 is 0.844 bits per heavy atom. The van der Waals surface area contributed by atoms with Gasteiger partial charge in [-0.25, -0.2) is 0 Å². The van der Waals surface area contributed by atoms with Crippen molar-refractivity contribution in [3.05, 3.63) is 47.5 Å². The minimum absolute atomic E-state index is 0.114. The number of hydrogen-bond donors (Lipinski definition) is 7. The van der Waals surface area contributed by atoms with Gasteiger partial charge in [-0.2, -0.15) is 0 Å². The Morgan fingerprint density at radius 2 is 1.31 bits per heavy atom. The van der Waals surface area contributed by atoms with Crippen LogP contribution in [0.5, 0.6) is 23.0 Å². The molecular weight excluding hydrogens is 420 g/mol. The summed E-state index contributed by atoms with van der Waals surface area (Å²) in [7, 11) is 0. The molecule has 0 aromatic heterocycles. The highest BCUT2D eigenvalue weighted by atomic mass is 16.5. The molecule has 0 aliphatic rings. The Morgan fingerprint density at radius 3 is 1.72 bits per heavy atom. The predicted octanol–water partition coefficient (Wildman–Crippen LogP) is 1.36. The number of aliphatic carboxylic acids is 1. The molecule has 2 atom stereocenters. The van der Waals surface area contributed by atoms with Crippen LogP contribution in [-0.4, -0.2) is 56.2 Å². The van der Waals surface area contributed by atoms with Gasteiger partial charge in [-0.05, 0) is 54.7 Å². The van der Waals surface area contributed by atoms with Crippen molar-refractivity contribution < 1.29 is 39.9 Å². The number of unbranched alkanes of at least 4 members (excludes halogenated alkanes) is 1. The van der Waals surface area contributed by atoms with Crippen LogP contribution in [0, 0.1) is 0 Å². The van der Waals surface area contributed by atoms with E-state index in [-0.39, 0.29) is 35.8 Å². The molecule has 2 rings (SSSR count). The van der Waals surface area contributed by atoms with Crippen LogP contribution in [0.2, 0.25) is 0 Å². The van der Waals surface area contributed by atoms with E-state index in [2.05, 4.69) is 0 Å². The molecule has 2 aromatic carbocycles. The number of carboxylic acids is 1. The highest BCUT2D eigenvalue weighted by Crippen LogP contribution is 2.26. The number of rotatable bonds is 9. The summed E-state index contributed by atoms with van der Waals surface area (Å²) in [5.74, 6) is -2.48. The minimum atomic E-state index is -1.10. The lowest BCUT2D eigenvalue weighted by atomic mass is 10.1. The number of phenolic OH excluding ortho intramolecular Hbond substituents is 4. The molecule has 32 heavy (non-hydrogen) atoms. The number of aromatic hydroxyl groups is 4. The molecule has 2 aromatic rings. The summed E-state index contributed by atoms with van der Waals surface area (Å²) in [6.07, 6.45) is 2.15. The first kappa shape index (κ1) is 26.5. The first-order valence-electron chi connectivity index (χ1n) is 9.97. The maximum Gasteiger partial charge on any atom is 0.323 e. The van der Waals surface area contributed by atoms with Gasteiger partial charge in [0.15, 0.2) is 23.0 Å². The zero-order valence-electron chi connectivity index (χ0n) is 17.8. The third kappa shape index (κ3) is 9.11. The number of carbonyl (C=O) groups is 2. The number of benzene rings is 2. The third-order valence-corrected chi connectivity index (χ3v) is 4.35. The molecule has 0 unspecified atom stereocenters. The van der Waals surface area contributed by atoms with E-state index in [4.69, 9.17) is 36.6 Å². The van der Waals surface area contributed by atoms with Gasteiger partial charge in [-0.15, -0.1) is 0 Å². The fourth-order valence-corrected chi connectivity index (χ4v) is 2.49. The Labute approximate surface area is 185 Å². The SMILES string of the molecule is CCCCOC(=O)[C@@H](N)Cc1ccc(O)c(O)c1.N[C@@H](Cc1ccc(O)c(O)c1)C(=O)O. The maximum atomic E-state index is 11.5. The smallest absolute Gasteiger partial charge is 0.323 e. The third-order valence-electron chi connectivity index (χ3n) is 4.35. The van der Waals surface area contributed by atoms with Crippen LogP contribution in [0.15, 0.2) is 36.4 Å². The van der Waals surface area contributed by atoms with Crippen LogP contribution in [0.25, 0.3) is 0 Å². The number of carboxylic acid groups (broad SMARTS) is 1. The average molecular weight is 450 g/mol. The monoisotopic (exact) mass is 450 g/mol. The summed E-state index contributed by atoms with van der Waals surface area (Å²) in [6.45, 7) is 2.39. The van der Waals surface area contributed by atoms with Gasteiger partial charge >= 0.3 is 11.9 Å². The van der Waals surface area contributed by atoms with E-state index in [0.717, 1.165) is 12.8 Å². The summed E-state index contributed by atoms with van der Waals surface area (Å²) in [5.41, 5.74) is 12.2. The van der Waals surface area contributed by atoms with E-state index in [0.29, 0.717) is 17.7 Å². The standard InChI is InChI=1S/C13H19NO4.C9H11NO4/c1-2-3-6-18-13(17)10(14)7-9-4-5-11(15)12(16)8-9;10-6(9(13)14)3-5-1-2-7(11)8(12)4-5/h4-5,8,10,15-16H,2-3,6-7,14H2,1H3;1-2,4,6,11-12H,3,10H2,(H,13,14)/t10-;6-/m00/s1. The van der Waals surface area contributed by atoms with Gasteiger partial charge in [0.1, 0.15) is 12.1 Å². The molecule has 176 valence electrons. The van der Waals surface area contributed by atoms with Crippen LogP contribution >= 0.6 is 0 Å². The van der Waals surface area contributed by atoms with Gasteiger partial charge in [-0.3, -0.25) is 9.59 Å². The summed E-state index contributed by atoms with van der Waals surface area (Å²) in [6, 6.07) is 6.68. The van der Waals surface area contributed by atoms with E-state index >= 15 is 0 Å². The fourth-order valence-electron chi connectivity index (χ4n) is 2.49. The lowest BCUT2D eigenvalue weighted by Gasteiger charge is -2.11. The van der Waals surface area contributed by atoms with E-state index in [9.17, 15) is 14.7 Å². The van der Waals surface area contributed by atoms with Gasteiger partial charge < -0.3 is 41.7 Å². The summed E-state index contributed by atoms with van der Waals surface area (Å²) in [4.78, 5) is 21.9. The number of esters is 1. The predicted molar refractivity (Wildman–Crippen MR) is 116 cm³/mol.